The second kappa shape index (κ2) is 5.44. The van der Waals surface area contributed by atoms with Crippen LogP contribution in [0.1, 0.15) is 45.3 Å². The van der Waals surface area contributed by atoms with Crippen molar-refractivity contribution in [2.75, 3.05) is 13.2 Å². The van der Waals surface area contributed by atoms with Crippen molar-refractivity contribution in [1.29, 1.82) is 0 Å². The van der Waals surface area contributed by atoms with E-state index in [9.17, 15) is 4.79 Å². The molecule has 2 rings (SSSR count). The topological polar surface area (TPSA) is 67.6 Å². The third-order valence-electron chi connectivity index (χ3n) is 3.37. The van der Waals surface area contributed by atoms with Crippen LogP contribution in [-0.4, -0.2) is 44.4 Å². The van der Waals surface area contributed by atoms with Gasteiger partial charge in [0.1, 0.15) is 11.4 Å². The van der Waals surface area contributed by atoms with Crippen LogP contribution in [0.25, 0.3) is 0 Å². The molecule has 1 aromatic rings. The number of hydrogen-bond acceptors (Lipinski definition) is 4. The van der Waals surface area contributed by atoms with Crippen molar-refractivity contribution in [3.63, 3.8) is 0 Å². The van der Waals surface area contributed by atoms with Crippen LogP contribution < -0.4 is 0 Å². The fourth-order valence-electron chi connectivity index (χ4n) is 2.44. The monoisotopic (exact) mass is 281 g/mol. The highest BCUT2D eigenvalue weighted by Crippen LogP contribution is 2.27. The normalized spacial score (nSPS) is 18.9. The predicted molar refractivity (Wildman–Crippen MR) is 74.4 cm³/mol. The number of carbonyl (C=O) groups excluding carboxylic acids is 1. The minimum absolute atomic E-state index is 0.106. The second-order valence-electron chi connectivity index (χ2n) is 6.08. The quantitative estimate of drug-likeness (QED) is 0.896. The van der Waals surface area contributed by atoms with E-state index in [1.165, 1.54) is 0 Å². The average molecular weight is 281 g/mol. The van der Waals surface area contributed by atoms with Gasteiger partial charge in [-0.05, 0) is 27.7 Å². The molecule has 112 valence electrons. The Bertz CT molecular complexity index is 490. The van der Waals surface area contributed by atoms with Gasteiger partial charge in [0.25, 0.3) is 0 Å². The number of imidazole rings is 1. The Labute approximate surface area is 119 Å². The highest BCUT2D eigenvalue weighted by Gasteiger charge is 2.32. The molecular formula is C14H23N3O3. The first kappa shape index (κ1) is 14.8. The number of aliphatic hydroxyl groups is 1. The zero-order valence-electron chi connectivity index (χ0n) is 12.6. The molecule has 0 radical (unpaired) electrons. The van der Waals surface area contributed by atoms with Gasteiger partial charge in [0.15, 0.2) is 0 Å². The molecular weight excluding hydrogens is 258 g/mol. The zero-order valence-corrected chi connectivity index (χ0v) is 12.6. The van der Waals surface area contributed by atoms with E-state index in [0.29, 0.717) is 19.5 Å². The van der Waals surface area contributed by atoms with Gasteiger partial charge in [-0.25, -0.2) is 9.78 Å². The van der Waals surface area contributed by atoms with Gasteiger partial charge in [-0.1, -0.05) is 0 Å². The summed E-state index contributed by atoms with van der Waals surface area (Å²) in [4.78, 5) is 18.3. The fraction of sp³-hybridized carbons (Fsp3) is 0.714. The molecule has 1 amide bonds. The summed E-state index contributed by atoms with van der Waals surface area (Å²) < 4.78 is 7.51. The molecule has 0 spiro atoms. The van der Waals surface area contributed by atoms with Crippen molar-refractivity contribution in [3.8, 4) is 0 Å². The Morgan fingerprint density at radius 2 is 2.20 bits per heavy atom. The Kier molecular flexibility index (Phi) is 4.04. The summed E-state index contributed by atoms with van der Waals surface area (Å²) in [5, 5.41) is 9.05. The molecule has 20 heavy (non-hydrogen) atoms. The van der Waals surface area contributed by atoms with Crippen LogP contribution in [0.15, 0.2) is 6.20 Å². The summed E-state index contributed by atoms with van der Waals surface area (Å²) in [5.74, 6) is 0.852. The largest absolute Gasteiger partial charge is 0.444 e. The van der Waals surface area contributed by atoms with Crippen LogP contribution in [-0.2, 0) is 17.7 Å². The Hall–Kier alpha value is -1.56. The molecule has 0 saturated carbocycles. The maximum atomic E-state index is 12.2. The van der Waals surface area contributed by atoms with E-state index in [1.54, 1.807) is 11.1 Å². The number of carbonyl (C=O) groups is 1. The van der Waals surface area contributed by atoms with E-state index < -0.39 is 5.60 Å². The van der Waals surface area contributed by atoms with Crippen LogP contribution in [0.3, 0.4) is 0 Å². The molecule has 1 N–H and O–H groups in total. The van der Waals surface area contributed by atoms with Gasteiger partial charge in [0, 0.05) is 38.0 Å². The van der Waals surface area contributed by atoms with E-state index in [4.69, 9.17) is 9.84 Å². The molecule has 1 aliphatic heterocycles. The number of aromatic nitrogens is 2. The minimum atomic E-state index is -0.494. The molecule has 0 aliphatic carbocycles. The zero-order chi connectivity index (χ0) is 14.9. The summed E-state index contributed by atoms with van der Waals surface area (Å²) in [5.41, 5.74) is 0.518. The van der Waals surface area contributed by atoms with Crippen LogP contribution in [0.4, 0.5) is 4.79 Å². The van der Waals surface area contributed by atoms with E-state index in [1.807, 2.05) is 27.7 Å². The van der Waals surface area contributed by atoms with Crippen LogP contribution >= 0.6 is 0 Å². The van der Waals surface area contributed by atoms with E-state index in [0.717, 1.165) is 11.5 Å². The summed E-state index contributed by atoms with van der Waals surface area (Å²) in [7, 11) is 0. The molecule has 1 unspecified atom stereocenters. The number of aliphatic hydroxyl groups excluding tert-OH is 1. The average Bonchev–Trinajstić information content (AvgIpc) is 2.72. The first-order valence-corrected chi connectivity index (χ1v) is 6.98. The van der Waals surface area contributed by atoms with Gasteiger partial charge >= 0.3 is 6.09 Å². The van der Waals surface area contributed by atoms with Crippen LogP contribution in [0.5, 0.6) is 0 Å². The lowest BCUT2D eigenvalue weighted by Crippen LogP contribution is -2.44. The standard InChI is InChI=1S/C14H23N3O3/c1-10-12-15-9-11(5-8-18)17(12)7-6-16(10)13(19)20-14(2,3)4/h9-10,18H,5-8H2,1-4H3. The number of ether oxygens (including phenoxy) is 1. The molecule has 1 aromatic heterocycles. The number of rotatable bonds is 2. The molecule has 0 saturated heterocycles. The first-order chi connectivity index (χ1) is 9.33. The van der Waals surface area contributed by atoms with Gasteiger partial charge < -0.3 is 14.4 Å². The molecule has 2 heterocycles. The summed E-state index contributed by atoms with van der Waals surface area (Å²) in [6.07, 6.45) is 2.07. The number of fused-ring (bicyclic) bond motifs is 1. The number of hydrogen-bond donors (Lipinski definition) is 1. The van der Waals surface area contributed by atoms with Gasteiger partial charge in [0.05, 0.1) is 6.04 Å². The molecule has 1 aliphatic rings. The molecule has 0 fully saturated rings. The van der Waals surface area contributed by atoms with E-state index in [-0.39, 0.29) is 18.7 Å². The van der Waals surface area contributed by atoms with Crippen molar-refractivity contribution >= 4 is 6.09 Å². The smallest absolute Gasteiger partial charge is 0.410 e. The Morgan fingerprint density at radius 3 is 2.80 bits per heavy atom. The molecule has 6 heteroatoms. The van der Waals surface area contributed by atoms with Gasteiger partial charge in [-0.3, -0.25) is 4.90 Å². The summed E-state index contributed by atoms with van der Waals surface area (Å²) in [6.45, 7) is 8.92. The van der Waals surface area contributed by atoms with Crippen molar-refractivity contribution < 1.29 is 14.6 Å². The molecule has 0 bridgehead atoms. The van der Waals surface area contributed by atoms with Gasteiger partial charge in [-0.15, -0.1) is 0 Å². The first-order valence-electron chi connectivity index (χ1n) is 6.98. The molecule has 6 nitrogen and oxygen atoms in total. The SMILES string of the molecule is CC1c2ncc(CCO)n2CCN1C(=O)OC(C)(C)C. The highest BCUT2D eigenvalue weighted by atomic mass is 16.6. The lowest BCUT2D eigenvalue weighted by atomic mass is 10.2. The Balaban J connectivity index is 2.15. The lowest BCUT2D eigenvalue weighted by molar-refractivity contribution is 0.0119. The number of amides is 1. The highest BCUT2D eigenvalue weighted by molar-refractivity contribution is 5.68. The summed E-state index contributed by atoms with van der Waals surface area (Å²) >= 11 is 0. The lowest BCUT2D eigenvalue weighted by Gasteiger charge is -2.35. The third kappa shape index (κ3) is 2.95. The second-order valence-corrected chi connectivity index (χ2v) is 6.08. The number of nitrogens with zero attached hydrogens (tertiary/aromatic N) is 3. The van der Waals surface area contributed by atoms with Crippen LogP contribution in [0.2, 0.25) is 0 Å². The van der Waals surface area contributed by atoms with Crippen LogP contribution in [0, 0.1) is 0 Å². The van der Waals surface area contributed by atoms with Gasteiger partial charge in [-0.2, -0.15) is 0 Å². The maximum Gasteiger partial charge on any atom is 0.410 e. The van der Waals surface area contributed by atoms with Gasteiger partial charge in [0.2, 0.25) is 0 Å². The van der Waals surface area contributed by atoms with Crippen molar-refractivity contribution in [2.45, 2.75) is 52.3 Å². The van der Waals surface area contributed by atoms with Crippen molar-refractivity contribution in [3.05, 3.63) is 17.7 Å². The Morgan fingerprint density at radius 1 is 1.50 bits per heavy atom. The molecule has 0 aromatic carbocycles. The van der Waals surface area contributed by atoms with E-state index in [2.05, 4.69) is 9.55 Å². The summed E-state index contributed by atoms with van der Waals surface area (Å²) in [6, 6.07) is -0.119. The van der Waals surface area contributed by atoms with E-state index >= 15 is 0 Å². The van der Waals surface area contributed by atoms with Crippen molar-refractivity contribution in [2.24, 2.45) is 0 Å². The maximum absolute atomic E-state index is 12.2. The fourth-order valence-corrected chi connectivity index (χ4v) is 2.44. The molecule has 1 atom stereocenters. The minimum Gasteiger partial charge on any atom is -0.444 e. The predicted octanol–water partition coefficient (Wildman–Crippen LogP) is 1.73. The third-order valence-corrected chi connectivity index (χ3v) is 3.37. The van der Waals surface area contributed by atoms with Crippen molar-refractivity contribution in [1.82, 2.24) is 14.5 Å².